The van der Waals surface area contributed by atoms with Gasteiger partial charge in [-0.05, 0) is 32.6 Å². The Kier molecular flexibility index (Phi) is 6.72. The van der Waals surface area contributed by atoms with Gasteiger partial charge in [-0.1, -0.05) is 31.5 Å². The summed E-state index contributed by atoms with van der Waals surface area (Å²) in [4.78, 5) is 6.27. The Labute approximate surface area is 130 Å². The van der Waals surface area contributed by atoms with Crippen molar-refractivity contribution in [2.45, 2.75) is 52.0 Å². The lowest BCUT2D eigenvalue weighted by molar-refractivity contribution is 0.139. The minimum atomic E-state index is 0.507. The molecule has 1 aliphatic heterocycles. The van der Waals surface area contributed by atoms with E-state index in [2.05, 4.69) is 29.0 Å². The zero-order valence-corrected chi connectivity index (χ0v) is 14.1. The van der Waals surface area contributed by atoms with Gasteiger partial charge in [-0.3, -0.25) is 4.90 Å². The highest BCUT2D eigenvalue weighted by atomic mass is 32.1. The number of thiocarbonyl (C=S) groups is 1. The summed E-state index contributed by atoms with van der Waals surface area (Å²) in [5, 5.41) is 3.47. The Morgan fingerprint density at radius 1 is 1.15 bits per heavy atom. The number of nitrogens with zero attached hydrogens (tertiary/aromatic N) is 2. The third-order valence-corrected chi connectivity index (χ3v) is 5.47. The van der Waals surface area contributed by atoms with Gasteiger partial charge in [0.05, 0.1) is 11.0 Å². The fourth-order valence-electron chi connectivity index (χ4n) is 3.79. The highest BCUT2D eigenvalue weighted by molar-refractivity contribution is 7.80. The van der Waals surface area contributed by atoms with Crippen LogP contribution in [0.15, 0.2) is 0 Å². The second-order valence-electron chi connectivity index (χ2n) is 6.14. The lowest BCUT2D eigenvalue weighted by Crippen LogP contribution is -2.57. The summed E-state index contributed by atoms with van der Waals surface area (Å²) in [5.74, 6) is 0.787. The van der Waals surface area contributed by atoms with Crippen LogP contribution < -0.4 is 5.32 Å². The fraction of sp³-hybridized carbons (Fsp3) is 0.938. The molecule has 0 bridgehead atoms. The molecule has 20 heavy (non-hydrogen) atoms. The van der Waals surface area contributed by atoms with E-state index in [0.29, 0.717) is 6.04 Å². The van der Waals surface area contributed by atoms with Gasteiger partial charge in [0.1, 0.15) is 0 Å². The smallest absolute Gasteiger partial charge is 0.0956 e. The molecular formula is C16H31N3S. The van der Waals surface area contributed by atoms with E-state index in [1.807, 2.05) is 0 Å². The van der Waals surface area contributed by atoms with Crippen LogP contribution in [0.5, 0.6) is 0 Å². The molecule has 4 heteroatoms. The van der Waals surface area contributed by atoms with Crippen LogP contribution in [-0.4, -0.2) is 60.1 Å². The largest absolute Gasteiger partial charge is 0.365 e. The van der Waals surface area contributed by atoms with Crippen molar-refractivity contribution in [2.75, 3.05) is 39.3 Å². The van der Waals surface area contributed by atoms with E-state index in [1.54, 1.807) is 0 Å². The van der Waals surface area contributed by atoms with E-state index < -0.39 is 0 Å². The zero-order valence-electron chi connectivity index (χ0n) is 13.2. The molecule has 0 aromatic carbocycles. The van der Waals surface area contributed by atoms with E-state index in [-0.39, 0.29) is 0 Å². The molecule has 3 nitrogen and oxygen atoms in total. The van der Waals surface area contributed by atoms with Crippen LogP contribution in [0.2, 0.25) is 0 Å². The lowest BCUT2D eigenvalue weighted by atomic mass is 9.82. The quantitative estimate of drug-likeness (QED) is 0.786. The number of piperazine rings is 1. The SMILES string of the molecule is CCN(CC)C(=S)C(C1CCCCC1)N1CCNCC1. The zero-order chi connectivity index (χ0) is 14.4. The van der Waals surface area contributed by atoms with Gasteiger partial charge in [0, 0.05) is 39.3 Å². The maximum Gasteiger partial charge on any atom is 0.0956 e. The van der Waals surface area contributed by atoms with Crippen molar-refractivity contribution >= 4 is 17.2 Å². The first-order chi connectivity index (χ1) is 9.77. The van der Waals surface area contributed by atoms with Crippen LogP contribution >= 0.6 is 12.2 Å². The molecule has 0 radical (unpaired) electrons. The molecule has 2 fully saturated rings. The van der Waals surface area contributed by atoms with Crippen molar-refractivity contribution < 1.29 is 0 Å². The van der Waals surface area contributed by atoms with Crippen molar-refractivity contribution in [3.8, 4) is 0 Å². The minimum absolute atomic E-state index is 0.507. The number of rotatable bonds is 5. The summed E-state index contributed by atoms with van der Waals surface area (Å²) in [6, 6.07) is 0.507. The average Bonchev–Trinajstić information content (AvgIpc) is 2.51. The van der Waals surface area contributed by atoms with E-state index in [9.17, 15) is 0 Å². The molecule has 1 heterocycles. The van der Waals surface area contributed by atoms with Gasteiger partial charge < -0.3 is 10.2 Å². The first-order valence-corrected chi connectivity index (χ1v) is 8.92. The molecule has 116 valence electrons. The third-order valence-electron chi connectivity index (χ3n) is 4.97. The fourth-order valence-corrected chi connectivity index (χ4v) is 4.39. The summed E-state index contributed by atoms with van der Waals surface area (Å²) >= 11 is 5.92. The standard InChI is InChI=1S/C16H31N3S/c1-3-18(4-2)16(20)15(14-8-6-5-7-9-14)19-12-10-17-11-13-19/h14-15,17H,3-13H2,1-2H3. The van der Waals surface area contributed by atoms with Gasteiger partial charge in [-0.25, -0.2) is 0 Å². The molecule has 1 aliphatic carbocycles. The first-order valence-electron chi connectivity index (χ1n) is 8.51. The highest BCUT2D eigenvalue weighted by Gasteiger charge is 2.34. The number of hydrogen-bond donors (Lipinski definition) is 1. The molecular weight excluding hydrogens is 266 g/mol. The minimum Gasteiger partial charge on any atom is -0.365 e. The van der Waals surface area contributed by atoms with Crippen LogP contribution in [0, 0.1) is 5.92 Å². The highest BCUT2D eigenvalue weighted by Crippen LogP contribution is 2.30. The normalized spacial score (nSPS) is 23.5. The predicted octanol–water partition coefficient (Wildman–Crippen LogP) is 2.51. The topological polar surface area (TPSA) is 18.5 Å². The van der Waals surface area contributed by atoms with Crippen molar-refractivity contribution in [2.24, 2.45) is 5.92 Å². The van der Waals surface area contributed by atoms with Gasteiger partial charge in [0.15, 0.2) is 0 Å². The molecule has 0 spiro atoms. The molecule has 1 saturated heterocycles. The summed E-state index contributed by atoms with van der Waals surface area (Å²) < 4.78 is 0. The second kappa shape index (κ2) is 8.30. The van der Waals surface area contributed by atoms with E-state index in [0.717, 1.165) is 45.2 Å². The van der Waals surface area contributed by atoms with E-state index >= 15 is 0 Å². The molecule has 0 aromatic rings. The van der Waals surface area contributed by atoms with Gasteiger partial charge in [-0.2, -0.15) is 0 Å². The van der Waals surface area contributed by atoms with Crippen molar-refractivity contribution in [3.63, 3.8) is 0 Å². The van der Waals surface area contributed by atoms with Crippen LogP contribution in [0.1, 0.15) is 46.0 Å². The van der Waals surface area contributed by atoms with Crippen LogP contribution in [0.25, 0.3) is 0 Å². The Balaban J connectivity index is 2.11. The lowest BCUT2D eigenvalue weighted by Gasteiger charge is -2.43. The molecule has 2 rings (SSSR count). The molecule has 1 unspecified atom stereocenters. The molecule has 1 saturated carbocycles. The van der Waals surface area contributed by atoms with Gasteiger partial charge >= 0.3 is 0 Å². The van der Waals surface area contributed by atoms with E-state index in [1.165, 1.54) is 37.1 Å². The Morgan fingerprint density at radius 2 is 1.75 bits per heavy atom. The number of likely N-dealkylation sites (N-methyl/N-ethyl adjacent to an activating group) is 1. The summed E-state index contributed by atoms with van der Waals surface area (Å²) in [5.41, 5.74) is 0. The number of hydrogen-bond acceptors (Lipinski definition) is 3. The monoisotopic (exact) mass is 297 g/mol. The Bertz CT molecular complexity index is 274. The maximum atomic E-state index is 5.92. The van der Waals surface area contributed by atoms with Crippen LogP contribution in [-0.2, 0) is 0 Å². The number of nitrogens with one attached hydrogen (secondary N) is 1. The Hall–Kier alpha value is -0.190. The predicted molar refractivity (Wildman–Crippen MR) is 90.3 cm³/mol. The van der Waals surface area contributed by atoms with Crippen molar-refractivity contribution in [1.29, 1.82) is 0 Å². The third kappa shape index (κ3) is 3.92. The van der Waals surface area contributed by atoms with Crippen LogP contribution in [0.3, 0.4) is 0 Å². The molecule has 2 aliphatic rings. The molecule has 1 N–H and O–H groups in total. The molecule has 1 atom stereocenters. The Morgan fingerprint density at radius 3 is 2.30 bits per heavy atom. The molecule has 0 aromatic heterocycles. The summed E-state index contributed by atoms with van der Waals surface area (Å²) in [6.45, 7) is 11.1. The van der Waals surface area contributed by atoms with E-state index in [4.69, 9.17) is 12.2 Å². The van der Waals surface area contributed by atoms with Crippen molar-refractivity contribution in [3.05, 3.63) is 0 Å². The van der Waals surface area contributed by atoms with Gasteiger partial charge in [0.25, 0.3) is 0 Å². The summed E-state index contributed by atoms with van der Waals surface area (Å²) in [6.07, 6.45) is 6.96. The maximum absolute atomic E-state index is 5.92. The van der Waals surface area contributed by atoms with Gasteiger partial charge in [0.2, 0.25) is 0 Å². The van der Waals surface area contributed by atoms with Gasteiger partial charge in [-0.15, -0.1) is 0 Å². The summed E-state index contributed by atoms with van der Waals surface area (Å²) in [7, 11) is 0. The first kappa shape index (κ1) is 16.2. The average molecular weight is 298 g/mol. The van der Waals surface area contributed by atoms with Crippen molar-refractivity contribution in [1.82, 2.24) is 15.1 Å². The second-order valence-corrected chi connectivity index (χ2v) is 6.56. The van der Waals surface area contributed by atoms with Crippen LogP contribution in [0.4, 0.5) is 0 Å². The molecule has 0 amide bonds.